The minimum atomic E-state index is -1.02. The molecule has 1 saturated heterocycles. The maximum absolute atomic E-state index is 13.8. The van der Waals surface area contributed by atoms with Crippen LogP contribution in [0.4, 0.5) is 0 Å². The van der Waals surface area contributed by atoms with Crippen LogP contribution in [0.15, 0.2) is 23.3 Å². The first-order valence-electron chi connectivity index (χ1n) is 14.9. The van der Waals surface area contributed by atoms with Gasteiger partial charge in [-0.25, -0.2) is 4.79 Å². The molecule has 2 aliphatic heterocycles. The van der Waals surface area contributed by atoms with Crippen LogP contribution in [-0.2, 0) is 38.1 Å². The predicted octanol–water partition coefficient (Wildman–Crippen LogP) is 4.49. The molecule has 12 atom stereocenters. The number of hydrogen-bond donors (Lipinski definition) is 0. The minimum absolute atomic E-state index is 0.00653. The quantitative estimate of drug-likeness (QED) is 0.284. The Morgan fingerprint density at radius 2 is 1.73 bits per heavy atom. The van der Waals surface area contributed by atoms with Gasteiger partial charge in [-0.3, -0.25) is 14.4 Å². The SMILES string of the molecule is CC(=O)OC1C2C3CCC(C(C)C4CC(C)=C(C)C(=O)O4)C3(C)CCC2C2(C)C(=O)C=CC(OC(C)=O)C23OC13. The van der Waals surface area contributed by atoms with Gasteiger partial charge < -0.3 is 18.9 Å². The summed E-state index contributed by atoms with van der Waals surface area (Å²) in [6.07, 6.45) is 5.69. The molecule has 0 bridgehead atoms. The van der Waals surface area contributed by atoms with Gasteiger partial charge in [0.05, 0.1) is 5.41 Å². The lowest BCUT2D eigenvalue weighted by Crippen LogP contribution is -2.68. The molecule has 6 aliphatic rings. The normalized spacial score (nSPS) is 47.8. The van der Waals surface area contributed by atoms with E-state index in [0.29, 0.717) is 11.5 Å². The van der Waals surface area contributed by atoms with E-state index in [-0.39, 0.29) is 52.9 Å². The number of esters is 3. The van der Waals surface area contributed by atoms with Gasteiger partial charge in [0.2, 0.25) is 0 Å². The second kappa shape index (κ2) is 9.01. The van der Waals surface area contributed by atoms with E-state index in [0.717, 1.165) is 37.7 Å². The summed E-state index contributed by atoms with van der Waals surface area (Å²) in [5, 5.41) is 0. The molecule has 6 rings (SSSR count). The van der Waals surface area contributed by atoms with Gasteiger partial charge in [-0.05, 0) is 87.7 Å². The van der Waals surface area contributed by atoms with Gasteiger partial charge >= 0.3 is 17.9 Å². The van der Waals surface area contributed by atoms with Crippen LogP contribution in [0.1, 0.15) is 80.6 Å². The summed E-state index contributed by atoms with van der Waals surface area (Å²) in [5.41, 5.74) is -0.172. The van der Waals surface area contributed by atoms with Crippen LogP contribution in [0.3, 0.4) is 0 Å². The first-order valence-corrected chi connectivity index (χ1v) is 14.9. The smallest absolute Gasteiger partial charge is 0.333 e. The second-order valence-corrected chi connectivity index (χ2v) is 13.8. The number of cyclic esters (lactones) is 1. The van der Waals surface area contributed by atoms with Crippen LogP contribution < -0.4 is 0 Å². The molecule has 12 unspecified atom stereocenters. The largest absolute Gasteiger partial charge is 0.459 e. The maximum Gasteiger partial charge on any atom is 0.333 e. The molecule has 0 amide bonds. The molecule has 218 valence electrons. The highest BCUT2D eigenvalue weighted by atomic mass is 16.7. The Labute approximate surface area is 236 Å². The summed E-state index contributed by atoms with van der Waals surface area (Å²) in [7, 11) is 0. The lowest BCUT2D eigenvalue weighted by molar-refractivity contribution is -0.185. The summed E-state index contributed by atoms with van der Waals surface area (Å²) in [4.78, 5) is 50.8. The summed E-state index contributed by atoms with van der Waals surface area (Å²) in [5.74, 6) is -0.457. The molecule has 4 fully saturated rings. The fraction of sp³-hybridized carbons (Fsp3) is 0.750. The Morgan fingerprint density at radius 3 is 2.38 bits per heavy atom. The van der Waals surface area contributed by atoms with Crippen molar-refractivity contribution < 1.29 is 38.1 Å². The van der Waals surface area contributed by atoms with Crippen molar-refractivity contribution in [3.8, 4) is 0 Å². The first kappa shape index (κ1) is 27.7. The third-order valence-electron chi connectivity index (χ3n) is 12.2. The van der Waals surface area contributed by atoms with Crippen molar-refractivity contribution >= 4 is 23.7 Å². The molecule has 1 spiro atoms. The van der Waals surface area contributed by atoms with Crippen LogP contribution in [0.25, 0.3) is 0 Å². The number of rotatable bonds is 4. The number of ether oxygens (including phenoxy) is 4. The topological polar surface area (TPSA) is 109 Å². The maximum atomic E-state index is 13.8. The number of epoxide rings is 1. The predicted molar refractivity (Wildman–Crippen MR) is 144 cm³/mol. The molecule has 8 heteroatoms. The van der Waals surface area contributed by atoms with Crippen molar-refractivity contribution in [2.45, 2.75) is 111 Å². The Balaban J connectivity index is 1.36. The van der Waals surface area contributed by atoms with Gasteiger partial charge in [0.25, 0.3) is 0 Å². The van der Waals surface area contributed by atoms with Crippen LogP contribution in [0.5, 0.6) is 0 Å². The van der Waals surface area contributed by atoms with Crippen molar-refractivity contribution in [1.82, 2.24) is 0 Å². The summed E-state index contributed by atoms with van der Waals surface area (Å²) in [6, 6.07) is 0. The number of fused-ring (bicyclic) bond motifs is 4. The average molecular weight is 555 g/mol. The van der Waals surface area contributed by atoms with E-state index in [1.165, 1.54) is 13.8 Å². The fourth-order valence-corrected chi connectivity index (χ4v) is 10.1. The number of carbonyl (C=O) groups excluding carboxylic acids is 4. The van der Waals surface area contributed by atoms with E-state index in [2.05, 4.69) is 13.8 Å². The monoisotopic (exact) mass is 554 g/mol. The third kappa shape index (κ3) is 3.53. The van der Waals surface area contributed by atoms with Crippen LogP contribution in [0, 0.1) is 40.4 Å². The van der Waals surface area contributed by atoms with E-state index >= 15 is 0 Å². The summed E-state index contributed by atoms with van der Waals surface area (Å²) >= 11 is 0. The zero-order valence-corrected chi connectivity index (χ0v) is 24.7. The van der Waals surface area contributed by atoms with E-state index in [1.807, 2.05) is 20.8 Å². The summed E-state index contributed by atoms with van der Waals surface area (Å²) < 4.78 is 24.2. The Hall–Kier alpha value is -2.48. The van der Waals surface area contributed by atoms with Gasteiger partial charge in [0.15, 0.2) is 17.5 Å². The molecular formula is C32H42O8. The number of allylic oxidation sites excluding steroid dienone is 1. The molecule has 40 heavy (non-hydrogen) atoms. The highest BCUT2D eigenvalue weighted by molar-refractivity contribution is 5.98. The van der Waals surface area contributed by atoms with Crippen molar-refractivity contribution in [3.05, 3.63) is 23.3 Å². The van der Waals surface area contributed by atoms with Gasteiger partial charge in [0, 0.05) is 31.8 Å². The number of ketones is 1. The van der Waals surface area contributed by atoms with Crippen LogP contribution in [0.2, 0.25) is 0 Å². The second-order valence-electron chi connectivity index (χ2n) is 13.8. The molecule has 3 saturated carbocycles. The van der Waals surface area contributed by atoms with Crippen molar-refractivity contribution in [2.24, 2.45) is 40.4 Å². The number of carbonyl (C=O) groups is 4. The zero-order valence-electron chi connectivity index (χ0n) is 24.7. The molecular weight excluding hydrogens is 512 g/mol. The highest BCUT2D eigenvalue weighted by Gasteiger charge is 2.84. The summed E-state index contributed by atoms with van der Waals surface area (Å²) in [6.45, 7) is 13.2. The first-order chi connectivity index (χ1) is 18.8. The lowest BCUT2D eigenvalue weighted by atomic mass is 9.43. The Bertz CT molecular complexity index is 1230. The van der Waals surface area contributed by atoms with E-state index in [1.54, 1.807) is 12.2 Å². The molecule has 0 N–H and O–H groups in total. The van der Waals surface area contributed by atoms with E-state index in [4.69, 9.17) is 18.9 Å². The zero-order chi connectivity index (χ0) is 28.9. The van der Waals surface area contributed by atoms with Crippen molar-refractivity contribution in [1.29, 1.82) is 0 Å². The van der Waals surface area contributed by atoms with Crippen LogP contribution >= 0.6 is 0 Å². The molecule has 0 radical (unpaired) electrons. The lowest BCUT2D eigenvalue weighted by Gasteiger charge is -2.59. The van der Waals surface area contributed by atoms with Gasteiger partial charge in [-0.1, -0.05) is 19.4 Å². The van der Waals surface area contributed by atoms with E-state index in [9.17, 15) is 19.2 Å². The van der Waals surface area contributed by atoms with Gasteiger partial charge in [-0.15, -0.1) is 0 Å². The molecule has 0 aromatic rings. The van der Waals surface area contributed by atoms with E-state index < -0.39 is 35.3 Å². The van der Waals surface area contributed by atoms with Crippen molar-refractivity contribution in [3.63, 3.8) is 0 Å². The minimum Gasteiger partial charge on any atom is -0.459 e. The standard InChI is InChI=1S/C32H42O8/c1-15-14-23(39-29(36)16(15)2)17(3)20-8-9-21-26-22(12-13-30(20,21)6)31(7)24(35)10-11-25(37-18(4)33)32(31)28(40-32)27(26)38-19(5)34/h10-11,17,20-23,25-28H,8-9,12-14H2,1-7H3. The fourth-order valence-electron chi connectivity index (χ4n) is 10.1. The molecule has 2 heterocycles. The number of hydrogen-bond acceptors (Lipinski definition) is 8. The Kier molecular flexibility index (Phi) is 6.23. The van der Waals surface area contributed by atoms with Gasteiger partial charge in [-0.2, -0.15) is 0 Å². The Morgan fingerprint density at radius 1 is 1.02 bits per heavy atom. The molecule has 0 aromatic carbocycles. The average Bonchev–Trinajstić information content (AvgIpc) is 3.54. The molecule has 0 aromatic heterocycles. The van der Waals surface area contributed by atoms with Crippen molar-refractivity contribution in [2.75, 3.05) is 0 Å². The molecule has 4 aliphatic carbocycles. The van der Waals surface area contributed by atoms with Gasteiger partial charge in [0.1, 0.15) is 18.3 Å². The highest BCUT2D eigenvalue weighted by Crippen LogP contribution is 2.73. The third-order valence-corrected chi connectivity index (χ3v) is 12.2. The molecule has 8 nitrogen and oxygen atoms in total. The van der Waals surface area contributed by atoms with Crippen LogP contribution in [-0.4, -0.2) is 53.7 Å².